The van der Waals surface area contributed by atoms with Crippen LogP contribution in [0, 0.1) is 5.82 Å². The van der Waals surface area contributed by atoms with Gasteiger partial charge in [0, 0.05) is 22.1 Å². The third-order valence-corrected chi connectivity index (χ3v) is 5.70. The Morgan fingerprint density at radius 1 is 1.29 bits per heavy atom. The standard InChI is InChI=1S/C19H21ClFN5S2/c1-13(12-27-22)23-19(25-28-17-8-4-15(20)5-9-17)26-11-10-18(24-26)14-2-6-16(21)7-3-14/h2-9,13H,10-12,22H2,1H3,(H,23,25). The Morgan fingerprint density at radius 2 is 2.00 bits per heavy atom. The third kappa shape index (κ3) is 5.88. The molecule has 0 aliphatic carbocycles. The van der Waals surface area contributed by atoms with E-state index in [-0.39, 0.29) is 11.9 Å². The van der Waals surface area contributed by atoms with E-state index in [0.717, 1.165) is 22.6 Å². The molecular formula is C19H21ClFN5S2. The molecule has 9 heteroatoms. The van der Waals surface area contributed by atoms with Crippen molar-refractivity contribution < 1.29 is 4.39 Å². The summed E-state index contributed by atoms with van der Waals surface area (Å²) in [6, 6.07) is 14.0. The van der Waals surface area contributed by atoms with Gasteiger partial charge in [0.1, 0.15) is 5.82 Å². The first kappa shape index (κ1) is 21.0. The van der Waals surface area contributed by atoms with E-state index in [1.165, 1.54) is 36.0 Å². The molecule has 2 aromatic rings. The molecule has 1 atom stereocenters. The van der Waals surface area contributed by atoms with Gasteiger partial charge in [0.2, 0.25) is 5.96 Å². The molecule has 0 bridgehead atoms. The van der Waals surface area contributed by atoms with Crippen LogP contribution in [-0.2, 0) is 0 Å². The Bertz CT molecular complexity index is 842. The first-order valence-electron chi connectivity index (χ1n) is 8.74. The lowest BCUT2D eigenvalue weighted by Crippen LogP contribution is -2.34. The van der Waals surface area contributed by atoms with Crippen LogP contribution >= 0.6 is 35.5 Å². The zero-order valence-electron chi connectivity index (χ0n) is 15.3. The fourth-order valence-corrected chi connectivity index (χ4v) is 3.71. The average Bonchev–Trinajstić information content (AvgIpc) is 3.17. The summed E-state index contributed by atoms with van der Waals surface area (Å²) in [5.41, 5.74) is 1.83. The number of guanidine groups is 1. The lowest BCUT2D eigenvalue weighted by Gasteiger charge is -2.19. The average molecular weight is 438 g/mol. The third-order valence-electron chi connectivity index (χ3n) is 3.98. The van der Waals surface area contributed by atoms with Crippen LogP contribution < -0.4 is 9.86 Å². The van der Waals surface area contributed by atoms with E-state index in [2.05, 4.69) is 9.82 Å². The highest BCUT2D eigenvalue weighted by Gasteiger charge is 2.21. The van der Waals surface area contributed by atoms with Gasteiger partial charge in [-0.05, 0) is 60.8 Å². The summed E-state index contributed by atoms with van der Waals surface area (Å²) >= 11 is 8.66. The van der Waals surface area contributed by atoms with Crippen molar-refractivity contribution in [2.75, 3.05) is 12.3 Å². The first-order valence-corrected chi connectivity index (χ1v) is 11.0. The van der Waals surface area contributed by atoms with Crippen LogP contribution in [0.5, 0.6) is 0 Å². The SMILES string of the molecule is CC(CSN)N=C(NSc1ccc(Cl)cc1)N1CCC(c2ccc(F)cc2)=N1. The number of nitrogens with one attached hydrogen (secondary N) is 1. The number of hydrazone groups is 1. The van der Waals surface area contributed by atoms with Crippen molar-refractivity contribution in [3.05, 3.63) is 64.9 Å². The number of nitrogens with two attached hydrogens (primary N) is 1. The Kier molecular flexibility index (Phi) is 7.61. The number of hydrogen-bond acceptors (Lipinski definition) is 5. The van der Waals surface area contributed by atoms with Crippen molar-refractivity contribution in [2.45, 2.75) is 24.3 Å². The molecule has 0 aromatic heterocycles. The number of hydrogen-bond donors (Lipinski definition) is 2. The summed E-state index contributed by atoms with van der Waals surface area (Å²) in [6.07, 6.45) is 0.762. The van der Waals surface area contributed by atoms with Gasteiger partial charge < -0.3 is 0 Å². The summed E-state index contributed by atoms with van der Waals surface area (Å²) in [5.74, 6) is 1.12. The van der Waals surface area contributed by atoms with Gasteiger partial charge in [0.25, 0.3) is 0 Å². The van der Waals surface area contributed by atoms with Gasteiger partial charge in [-0.1, -0.05) is 35.7 Å². The molecule has 1 aliphatic heterocycles. The van der Waals surface area contributed by atoms with Crippen molar-refractivity contribution in [3.8, 4) is 0 Å². The van der Waals surface area contributed by atoms with E-state index < -0.39 is 0 Å². The molecular weight excluding hydrogens is 417 g/mol. The number of aliphatic imine (C=N–C) groups is 1. The van der Waals surface area contributed by atoms with Crippen molar-refractivity contribution in [3.63, 3.8) is 0 Å². The largest absolute Gasteiger partial charge is 0.295 e. The highest BCUT2D eigenvalue weighted by molar-refractivity contribution is 7.98. The summed E-state index contributed by atoms with van der Waals surface area (Å²) in [5, 5.41) is 12.8. The summed E-state index contributed by atoms with van der Waals surface area (Å²) < 4.78 is 16.5. The number of benzene rings is 2. The minimum Gasteiger partial charge on any atom is -0.295 e. The molecule has 2 aromatic carbocycles. The second-order valence-corrected chi connectivity index (χ2v) is 8.20. The zero-order chi connectivity index (χ0) is 19.9. The minimum absolute atomic E-state index is 0.0355. The molecule has 3 N–H and O–H groups in total. The molecule has 28 heavy (non-hydrogen) atoms. The van der Waals surface area contributed by atoms with E-state index in [1.54, 1.807) is 12.1 Å². The molecule has 1 aliphatic rings. The van der Waals surface area contributed by atoms with Crippen LogP contribution in [0.2, 0.25) is 5.02 Å². The van der Waals surface area contributed by atoms with Crippen LogP contribution in [0.15, 0.2) is 63.5 Å². The Labute approximate surface area is 177 Å². The molecule has 5 nitrogen and oxygen atoms in total. The predicted octanol–water partition coefficient (Wildman–Crippen LogP) is 4.54. The normalized spacial score (nSPS) is 15.5. The maximum Gasteiger partial charge on any atom is 0.225 e. The first-order chi connectivity index (χ1) is 13.5. The van der Waals surface area contributed by atoms with Crippen molar-refractivity contribution in [1.82, 2.24) is 9.73 Å². The van der Waals surface area contributed by atoms with Crippen LogP contribution in [0.3, 0.4) is 0 Å². The van der Waals surface area contributed by atoms with Gasteiger partial charge in [-0.3, -0.25) is 9.86 Å². The van der Waals surface area contributed by atoms with Crippen LogP contribution in [0.4, 0.5) is 4.39 Å². The van der Waals surface area contributed by atoms with Crippen LogP contribution in [-0.4, -0.2) is 35.0 Å². The topological polar surface area (TPSA) is 66.0 Å². The zero-order valence-corrected chi connectivity index (χ0v) is 17.7. The van der Waals surface area contributed by atoms with Gasteiger partial charge in [0.15, 0.2) is 0 Å². The molecule has 0 radical (unpaired) electrons. The van der Waals surface area contributed by atoms with E-state index >= 15 is 0 Å². The monoisotopic (exact) mass is 437 g/mol. The van der Waals surface area contributed by atoms with Gasteiger partial charge in [-0.2, -0.15) is 5.10 Å². The fourth-order valence-electron chi connectivity index (χ4n) is 2.59. The lowest BCUT2D eigenvalue weighted by atomic mass is 10.1. The number of halogens is 2. The molecule has 3 rings (SSSR count). The summed E-state index contributed by atoms with van der Waals surface area (Å²) in [4.78, 5) is 5.75. The Hall–Kier alpha value is -1.74. The van der Waals surface area contributed by atoms with Crippen molar-refractivity contribution in [2.24, 2.45) is 15.2 Å². The molecule has 0 saturated carbocycles. The maximum atomic E-state index is 13.2. The number of rotatable bonds is 6. The second-order valence-electron chi connectivity index (χ2n) is 6.22. The lowest BCUT2D eigenvalue weighted by molar-refractivity contribution is 0.476. The van der Waals surface area contributed by atoms with Crippen LogP contribution in [0.25, 0.3) is 0 Å². The number of nitrogens with zero attached hydrogens (tertiary/aromatic N) is 3. The highest BCUT2D eigenvalue weighted by Crippen LogP contribution is 2.20. The molecule has 1 heterocycles. The second kappa shape index (κ2) is 10.2. The molecule has 0 fully saturated rings. The van der Waals surface area contributed by atoms with Crippen molar-refractivity contribution >= 4 is 47.2 Å². The van der Waals surface area contributed by atoms with E-state index in [9.17, 15) is 4.39 Å². The van der Waals surface area contributed by atoms with Crippen molar-refractivity contribution in [1.29, 1.82) is 0 Å². The molecule has 1 unspecified atom stereocenters. The molecule has 0 spiro atoms. The fraction of sp³-hybridized carbons (Fsp3) is 0.263. The smallest absolute Gasteiger partial charge is 0.225 e. The van der Waals surface area contributed by atoms with Crippen LogP contribution in [0.1, 0.15) is 18.9 Å². The van der Waals surface area contributed by atoms with Gasteiger partial charge in [-0.15, -0.1) is 0 Å². The van der Waals surface area contributed by atoms with E-state index in [1.807, 2.05) is 36.2 Å². The summed E-state index contributed by atoms with van der Waals surface area (Å²) in [7, 11) is 0. The Balaban J connectivity index is 1.76. The van der Waals surface area contributed by atoms with Gasteiger partial charge >= 0.3 is 0 Å². The van der Waals surface area contributed by atoms with E-state index in [0.29, 0.717) is 23.3 Å². The highest BCUT2D eigenvalue weighted by atomic mass is 35.5. The quantitative estimate of drug-likeness (QED) is 0.394. The van der Waals surface area contributed by atoms with E-state index in [4.69, 9.17) is 21.7 Å². The molecule has 0 saturated heterocycles. The minimum atomic E-state index is -0.254. The molecule has 148 valence electrons. The van der Waals surface area contributed by atoms with Gasteiger partial charge in [-0.25, -0.2) is 14.4 Å². The maximum absolute atomic E-state index is 13.2. The predicted molar refractivity (Wildman–Crippen MR) is 118 cm³/mol. The Morgan fingerprint density at radius 3 is 2.68 bits per heavy atom. The van der Waals surface area contributed by atoms with Gasteiger partial charge in [0.05, 0.1) is 18.3 Å². The molecule has 0 amide bonds. The summed E-state index contributed by atoms with van der Waals surface area (Å²) in [6.45, 7) is 2.71.